The molecular formula is C56H44N4O. The van der Waals surface area contributed by atoms with E-state index in [1.807, 2.05) is 6.07 Å². The van der Waals surface area contributed by atoms with E-state index in [-0.39, 0.29) is 23.2 Å². The summed E-state index contributed by atoms with van der Waals surface area (Å²) in [6.45, 7) is 14.5. The lowest BCUT2D eigenvalue weighted by atomic mass is 9.58. The summed E-state index contributed by atoms with van der Waals surface area (Å²) in [5, 5.41) is 7.39. The number of furan rings is 1. The lowest BCUT2D eigenvalue weighted by Gasteiger charge is -2.46. The van der Waals surface area contributed by atoms with Gasteiger partial charge in [-0.15, -0.1) is 0 Å². The van der Waals surface area contributed by atoms with Gasteiger partial charge in [-0.1, -0.05) is 155 Å². The first-order valence-corrected chi connectivity index (χ1v) is 21.8. The summed E-state index contributed by atoms with van der Waals surface area (Å²) in [6, 6.07) is 46.3. The normalized spacial score (nSPS) is 21.8. The molecule has 5 nitrogen and oxygen atoms in total. The minimum absolute atomic E-state index is 0.0688. The average molecular weight is 789 g/mol. The summed E-state index contributed by atoms with van der Waals surface area (Å²) in [5.41, 5.74) is 14.2. The summed E-state index contributed by atoms with van der Waals surface area (Å²) < 4.78 is 7.25. The Morgan fingerprint density at radius 3 is 2.07 bits per heavy atom. The molecule has 4 unspecified atom stereocenters. The predicted octanol–water partition coefficient (Wildman–Crippen LogP) is 14.5. The minimum atomic E-state index is -0.626. The maximum atomic E-state index is 7.25. The van der Waals surface area contributed by atoms with E-state index in [0.29, 0.717) is 11.6 Å². The van der Waals surface area contributed by atoms with Gasteiger partial charge >= 0.3 is 0 Å². The summed E-state index contributed by atoms with van der Waals surface area (Å²) in [6.07, 6.45) is 4.79. The van der Waals surface area contributed by atoms with Crippen molar-refractivity contribution >= 4 is 60.5 Å². The van der Waals surface area contributed by atoms with Gasteiger partial charge in [-0.25, -0.2) is 15.0 Å². The third kappa shape index (κ3) is 4.38. The van der Waals surface area contributed by atoms with Crippen molar-refractivity contribution in [3.8, 4) is 22.8 Å². The maximum absolute atomic E-state index is 7.25. The predicted molar refractivity (Wildman–Crippen MR) is 249 cm³/mol. The third-order valence-electron chi connectivity index (χ3n) is 14.9. The van der Waals surface area contributed by atoms with E-state index in [1.54, 1.807) is 0 Å². The number of hydrogen-bond donors (Lipinski definition) is 0. The van der Waals surface area contributed by atoms with Gasteiger partial charge in [-0.2, -0.15) is 0 Å². The molecule has 5 heteroatoms. The first-order valence-electron chi connectivity index (χ1n) is 21.8. The van der Waals surface area contributed by atoms with Crippen molar-refractivity contribution in [1.82, 2.24) is 15.0 Å². The van der Waals surface area contributed by atoms with Crippen molar-refractivity contribution in [2.75, 3.05) is 4.90 Å². The number of nitrogens with zero attached hydrogens (tertiary/aromatic N) is 4. The van der Waals surface area contributed by atoms with Gasteiger partial charge in [0.05, 0.1) is 28.0 Å². The van der Waals surface area contributed by atoms with E-state index in [0.717, 1.165) is 50.3 Å². The Kier molecular flexibility index (Phi) is 6.83. The number of para-hydroxylation sites is 3. The molecule has 2 aliphatic carbocycles. The Morgan fingerprint density at radius 2 is 1.23 bits per heavy atom. The van der Waals surface area contributed by atoms with Crippen LogP contribution in [-0.4, -0.2) is 15.0 Å². The molecule has 0 amide bonds. The SMILES string of the molecule is CC1C=CC2(C)C3=C1C(C)c1c(c4ccc5c(c4c4ccccc14)C(C)(C)c1ccccc1N5c1cccc4c1oc1c(cccc14)-c1nc(-c4ccccc4)nc2n1)C3C. The molecule has 0 fully saturated rings. The average Bonchev–Trinajstić information content (AvgIpc) is 3.68. The molecular weight excluding hydrogens is 745 g/mol. The maximum Gasteiger partial charge on any atom is 0.167 e. The van der Waals surface area contributed by atoms with Gasteiger partial charge in [-0.3, -0.25) is 0 Å². The van der Waals surface area contributed by atoms with Crippen LogP contribution in [0.25, 0.3) is 66.3 Å². The summed E-state index contributed by atoms with van der Waals surface area (Å²) in [5.74, 6) is 2.50. The third-order valence-corrected chi connectivity index (χ3v) is 14.9. The van der Waals surface area contributed by atoms with Crippen molar-refractivity contribution < 1.29 is 4.42 Å². The standard InChI is InChI=1S/C56H44N4O/c1-30-28-29-56(6)48-32(3)46-38-26-27-42-49(47(38)35-19-11-10-18-34(35)45(46)31(2)44(30)48)55(4,5)40-23-12-13-24-41(40)60(42)43-25-15-21-37-36-20-14-22-39(50(36)61-51(37)43)53-57-52(58-54(56)59-53)33-16-8-7-9-17-33/h7-32H,1-6H3. The number of anilines is 3. The van der Waals surface area contributed by atoms with Crippen LogP contribution in [0.15, 0.2) is 155 Å². The number of hydrogen-bond acceptors (Lipinski definition) is 5. The Hall–Kier alpha value is -6.85. The second-order valence-corrected chi connectivity index (χ2v) is 18.5. The van der Waals surface area contributed by atoms with Gasteiger partial charge in [0.25, 0.3) is 0 Å². The quantitative estimate of drug-likeness (QED) is 0.122. The summed E-state index contributed by atoms with van der Waals surface area (Å²) in [4.78, 5) is 18.8. The number of allylic oxidation sites excluding steroid dienone is 4. The Balaban J connectivity index is 1.26. The number of aromatic nitrogens is 3. The van der Waals surface area contributed by atoms with Crippen LogP contribution in [-0.2, 0) is 10.8 Å². The van der Waals surface area contributed by atoms with E-state index >= 15 is 0 Å². The zero-order valence-electron chi connectivity index (χ0n) is 35.2. The molecule has 4 atom stereocenters. The molecule has 5 heterocycles. The molecule has 9 aromatic rings. The van der Waals surface area contributed by atoms with Crippen LogP contribution in [0.3, 0.4) is 0 Å². The topological polar surface area (TPSA) is 55.1 Å². The number of benzene rings is 7. The fourth-order valence-corrected chi connectivity index (χ4v) is 12.3. The van der Waals surface area contributed by atoms with Crippen molar-refractivity contribution in [3.63, 3.8) is 0 Å². The van der Waals surface area contributed by atoms with Crippen LogP contribution in [0.1, 0.15) is 81.5 Å². The van der Waals surface area contributed by atoms with Gasteiger partial charge in [0.2, 0.25) is 0 Å². The van der Waals surface area contributed by atoms with Crippen LogP contribution in [0, 0.1) is 5.92 Å². The monoisotopic (exact) mass is 788 g/mol. The van der Waals surface area contributed by atoms with E-state index in [1.165, 1.54) is 60.6 Å². The molecule has 0 N–H and O–H groups in total. The molecule has 0 saturated heterocycles. The fraction of sp³-hybridized carbons (Fsp3) is 0.196. The lowest BCUT2D eigenvalue weighted by molar-refractivity contribution is 0.520. The van der Waals surface area contributed by atoms with Crippen LogP contribution in [0.2, 0.25) is 0 Å². The fourth-order valence-electron chi connectivity index (χ4n) is 12.3. The van der Waals surface area contributed by atoms with Crippen LogP contribution in [0.5, 0.6) is 0 Å². The van der Waals surface area contributed by atoms with Gasteiger partial charge in [-0.05, 0) is 86.5 Å². The van der Waals surface area contributed by atoms with Crippen LogP contribution >= 0.6 is 0 Å². The van der Waals surface area contributed by atoms with Gasteiger partial charge in [0.1, 0.15) is 11.4 Å². The van der Waals surface area contributed by atoms with E-state index in [4.69, 9.17) is 19.4 Å². The first kappa shape index (κ1) is 35.0. The highest BCUT2D eigenvalue weighted by Crippen LogP contribution is 2.61. The van der Waals surface area contributed by atoms with E-state index in [9.17, 15) is 0 Å². The Bertz CT molecular complexity index is 3480. The molecule has 2 aromatic heterocycles. The highest BCUT2D eigenvalue weighted by atomic mass is 16.3. The van der Waals surface area contributed by atoms with Gasteiger partial charge in [0, 0.05) is 33.6 Å². The van der Waals surface area contributed by atoms with Crippen molar-refractivity contribution in [2.24, 2.45) is 5.92 Å². The minimum Gasteiger partial charge on any atom is -0.453 e. The van der Waals surface area contributed by atoms with E-state index in [2.05, 4.69) is 180 Å². The lowest BCUT2D eigenvalue weighted by Crippen LogP contribution is -2.37. The second-order valence-electron chi connectivity index (χ2n) is 18.5. The highest BCUT2D eigenvalue weighted by Gasteiger charge is 2.47. The molecule has 0 radical (unpaired) electrons. The number of rotatable bonds is 1. The highest BCUT2D eigenvalue weighted by molar-refractivity contribution is 6.18. The molecule has 3 aliphatic heterocycles. The van der Waals surface area contributed by atoms with Crippen molar-refractivity contribution in [1.29, 1.82) is 0 Å². The molecule has 7 aromatic carbocycles. The van der Waals surface area contributed by atoms with Crippen molar-refractivity contribution in [2.45, 2.75) is 64.2 Å². The molecule has 0 spiro atoms. The van der Waals surface area contributed by atoms with E-state index < -0.39 is 5.41 Å². The summed E-state index contributed by atoms with van der Waals surface area (Å²) in [7, 11) is 0. The second kappa shape index (κ2) is 11.9. The Labute approximate surface area is 355 Å². The van der Waals surface area contributed by atoms with Gasteiger partial charge in [0.15, 0.2) is 17.2 Å². The first-order chi connectivity index (χ1) is 29.6. The smallest absolute Gasteiger partial charge is 0.167 e. The van der Waals surface area contributed by atoms with Gasteiger partial charge < -0.3 is 9.32 Å². The zero-order chi connectivity index (χ0) is 41.1. The molecule has 61 heavy (non-hydrogen) atoms. The Morgan fingerprint density at radius 1 is 0.557 bits per heavy atom. The molecule has 5 aliphatic rings. The summed E-state index contributed by atoms with van der Waals surface area (Å²) >= 11 is 0. The van der Waals surface area contributed by atoms with Crippen LogP contribution < -0.4 is 4.90 Å². The zero-order valence-corrected chi connectivity index (χ0v) is 35.2. The molecule has 0 saturated carbocycles. The number of fused-ring (bicyclic) bond motifs is 5. The molecule has 294 valence electrons. The van der Waals surface area contributed by atoms with Crippen molar-refractivity contribution in [3.05, 3.63) is 179 Å². The van der Waals surface area contributed by atoms with Crippen LogP contribution in [0.4, 0.5) is 17.1 Å². The molecule has 11 bridgehead atoms. The molecule has 14 rings (SSSR count). The largest absolute Gasteiger partial charge is 0.453 e.